The van der Waals surface area contributed by atoms with E-state index >= 15 is 0 Å². The van der Waals surface area contributed by atoms with Gasteiger partial charge in [-0.1, -0.05) is 53.2 Å². The van der Waals surface area contributed by atoms with E-state index in [0.717, 1.165) is 28.1 Å². The third kappa shape index (κ3) is 5.17. The van der Waals surface area contributed by atoms with Crippen molar-refractivity contribution in [3.8, 4) is 0 Å². The molecule has 0 radical (unpaired) electrons. The van der Waals surface area contributed by atoms with Crippen LogP contribution in [0.4, 0.5) is 11.4 Å². The number of benzene rings is 3. The SMILES string of the molecule is Cc1ccc(NC(=O)/C=N\OCC(=O)Nc2ccc3ccccc3c2)c(C)c1. The predicted molar refractivity (Wildman–Crippen MR) is 112 cm³/mol. The van der Waals surface area contributed by atoms with Crippen molar-refractivity contribution in [1.82, 2.24) is 0 Å². The van der Waals surface area contributed by atoms with E-state index in [2.05, 4.69) is 15.8 Å². The summed E-state index contributed by atoms with van der Waals surface area (Å²) in [5.74, 6) is -0.788. The number of hydrogen-bond acceptors (Lipinski definition) is 4. The average Bonchev–Trinajstić information content (AvgIpc) is 2.67. The molecule has 6 nitrogen and oxygen atoms in total. The zero-order valence-corrected chi connectivity index (χ0v) is 15.7. The van der Waals surface area contributed by atoms with Crippen LogP contribution < -0.4 is 10.6 Å². The van der Waals surface area contributed by atoms with Gasteiger partial charge in [0.25, 0.3) is 11.8 Å². The van der Waals surface area contributed by atoms with Gasteiger partial charge in [-0.15, -0.1) is 0 Å². The molecule has 0 spiro atoms. The highest BCUT2D eigenvalue weighted by molar-refractivity contribution is 6.31. The van der Waals surface area contributed by atoms with Gasteiger partial charge < -0.3 is 15.5 Å². The monoisotopic (exact) mass is 375 g/mol. The molecule has 3 rings (SSSR count). The van der Waals surface area contributed by atoms with Crippen molar-refractivity contribution in [3.63, 3.8) is 0 Å². The number of nitrogens with one attached hydrogen (secondary N) is 2. The second-order valence-corrected chi connectivity index (χ2v) is 6.43. The first-order chi connectivity index (χ1) is 13.5. The van der Waals surface area contributed by atoms with Crippen molar-refractivity contribution >= 4 is 40.2 Å². The molecular formula is C22H21N3O3. The summed E-state index contributed by atoms with van der Waals surface area (Å²) < 4.78 is 0. The lowest BCUT2D eigenvalue weighted by Gasteiger charge is -2.07. The highest BCUT2D eigenvalue weighted by atomic mass is 16.6. The number of nitrogens with zero attached hydrogens (tertiary/aromatic N) is 1. The smallest absolute Gasteiger partial charge is 0.270 e. The van der Waals surface area contributed by atoms with Gasteiger partial charge in [-0.3, -0.25) is 9.59 Å². The molecule has 0 heterocycles. The Morgan fingerprint density at radius 2 is 1.75 bits per heavy atom. The van der Waals surface area contributed by atoms with Crippen LogP contribution in [0, 0.1) is 13.8 Å². The van der Waals surface area contributed by atoms with E-state index in [4.69, 9.17) is 4.84 Å². The van der Waals surface area contributed by atoms with Gasteiger partial charge in [0, 0.05) is 11.4 Å². The van der Waals surface area contributed by atoms with Crippen LogP contribution in [0.25, 0.3) is 10.8 Å². The molecule has 0 saturated heterocycles. The maximum absolute atomic E-state index is 12.0. The molecule has 2 N–H and O–H groups in total. The van der Waals surface area contributed by atoms with Crippen LogP contribution in [-0.4, -0.2) is 24.6 Å². The van der Waals surface area contributed by atoms with Crippen LogP contribution in [0.1, 0.15) is 11.1 Å². The Kier molecular flexibility index (Phi) is 6.01. The fraction of sp³-hybridized carbons (Fsp3) is 0.136. The van der Waals surface area contributed by atoms with Gasteiger partial charge in [0.1, 0.15) is 6.21 Å². The Balaban J connectivity index is 1.46. The van der Waals surface area contributed by atoms with Gasteiger partial charge in [-0.25, -0.2) is 0 Å². The zero-order chi connectivity index (χ0) is 19.9. The van der Waals surface area contributed by atoms with E-state index in [0.29, 0.717) is 11.4 Å². The summed E-state index contributed by atoms with van der Waals surface area (Å²) in [6.45, 7) is 3.60. The molecule has 0 fully saturated rings. The molecule has 28 heavy (non-hydrogen) atoms. The number of carbonyl (C=O) groups is 2. The van der Waals surface area contributed by atoms with E-state index in [1.54, 1.807) is 0 Å². The topological polar surface area (TPSA) is 79.8 Å². The number of aryl methyl sites for hydroxylation is 2. The lowest BCUT2D eigenvalue weighted by Crippen LogP contribution is -2.18. The molecule has 0 atom stereocenters. The maximum Gasteiger partial charge on any atom is 0.270 e. The molecule has 0 aliphatic heterocycles. The Labute approximate surface area is 163 Å². The normalized spacial score (nSPS) is 10.8. The van der Waals surface area contributed by atoms with E-state index in [1.165, 1.54) is 0 Å². The van der Waals surface area contributed by atoms with Gasteiger partial charge in [0.15, 0.2) is 6.61 Å². The molecule has 0 bridgehead atoms. The standard InChI is InChI=1S/C22H21N3O3/c1-15-7-10-20(16(2)11-15)25-21(26)13-23-28-14-22(27)24-19-9-8-17-5-3-4-6-18(17)12-19/h3-13H,14H2,1-2H3,(H,24,27)(H,25,26)/b23-13-. The fourth-order valence-electron chi connectivity index (χ4n) is 2.76. The molecule has 3 aromatic rings. The number of anilines is 2. The summed E-state index contributed by atoms with van der Waals surface area (Å²) in [6.07, 6.45) is 1.00. The van der Waals surface area contributed by atoms with Gasteiger partial charge in [0.05, 0.1) is 0 Å². The minimum atomic E-state index is -0.429. The molecule has 0 aliphatic carbocycles. The van der Waals surface area contributed by atoms with Gasteiger partial charge >= 0.3 is 0 Å². The lowest BCUT2D eigenvalue weighted by molar-refractivity contribution is -0.120. The first-order valence-electron chi connectivity index (χ1n) is 8.83. The molecule has 142 valence electrons. The minimum Gasteiger partial charge on any atom is -0.385 e. The van der Waals surface area contributed by atoms with E-state index in [-0.39, 0.29) is 12.5 Å². The van der Waals surface area contributed by atoms with Crippen molar-refractivity contribution in [2.45, 2.75) is 13.8 Å². The van der Waals surface area contributed by atoms with Crippen LogP contribution >= 0.6 is 0 Å². The molecular weight excluding hydrogens is 354 g/mol. The quantitative estimate of drug-likeness (QED) is 0.504. The minimum absolute atomic E-state index is 0.292. The number of carbonyl (C=O) groups excluding carboxylic acids is 2. The summed E-state index contributed by atoms with van der Waals surface area (Å²) in [5, 5.41) is 11.1. The van der Waals surface area contributed by atoms with Crippen molar-refractivity contribution in [2.24, 2.45) is 5.16 Å². The third-order valence-corrected chi connectivity index (χ3v) is 4.11. The van der Waals surface area contributed by atoms with Crippen LogP contribution in [0.2, 0.25) is 0 Å². The predicted octanol–water partition coefficient (Wildman–Crippen LogP) is 4.04. The Morgan fingerprint density at radius 1 is 0.964 bits per heavy atom. The second kappa shape index (κ2) is 8.81. The second-order valence-electron chi connectivity index (χ2n) is 6.43. The van der Waals surface area contributed by atoms with Gasteiger partial charge in [-0.2, -0.15) is 0 Å². The maximum atomic E-state index is 12.0. The molecule has 3 aromatic carbocycles. The molecule has 0 unspecified atom stereocenters. The highest BCUT2D eigenvalue weighted by Gasteiger charge is 2.05. The van der Waals surface area contributed by atoms with Crippen LogP contribution in [0.15, 0.2) is 65.8 Å². The van der Waals surface area contributed by atoms with Crippen molar-refractivity contribution in [2.75, 3.05) is 17.2 Å². The Hall–Kier alpha value is -3.67. The molecule has 0 aromatic heterocycles. The van der Waals surface area contributed by atoms with Crippen LogP contribution in [0.5, 0.6) is 0 Å². The average molecular weight is 375 g/mol. The summed E-state index contributed by atoms with van der Waals surface area (Å²) in [6, 6.07) is 19.2. The summed E-state index contributed by atoms with van der Waals surface area (Å²) in [7, 11) is 0. The van der Waals surface area contributed by atoms with Crippen molar-refractivity contribution < 1.29 is 14.4 Å². The van der Waals surface area contributed by atoms with Gasteiger partial charge in [0.2, 0.25) is 0 Å². The van der Waals surface area contributed by atoms with Gasteiger partial charge in [-0.05, 0) is 48.4 Å². The molecule has 0 aliphatic rings. The highest BCUT2D eigenvalue weighted by Crippen LogP contribution is 2.18. The number of oxime groups is 1. The van der Waals surface area contributed by atoms with E-state index in [9.17, 15) is 9.59 Å². The molecule has 0 saturated carbocycles. The van der Waals surface area contributed by atoms with E-state index < -0.39 is 5.91 Å². The van der Waals surface area contributed by atoms with E-state index in [1.807, 2.05) is 74.5 Å². The fourth-order valence-corrected chi connectivity index (χ4v) is 2.76. The van der Waals surface area contributed by atoms with Crippen LogP contribution in [0.3, 0.4) is 0 Å². The third-order valence-electron chi connectivity index (χ3n) is 4.11. The summed E-state index contributed by atoms with van der Waals surface area (Å²) in [4.78, 5) is 28.7. The van der Waals surface area contributed by atoms with Crippen molar-refractivity contribution in [3.05, 3.63) is 71.8 Å². The molecule has 2 amide bonds. The Bertz CT molecular complexity index is 1040. The number of amides is 2. The number of fused-ring (bicyclic) bond motifs is 1. The first kappa shape index (κ1) is 19.1. The summed E-state index contributed by atoms with van der Waals surface area (Å²) >= 11 is 0. The zero-order valence-electron chi connectivity index (χ0n) is 15.7. The Morgan fingerprint density at radius 3 is 2.54 bits per heavy atom. The number of hydrogen-bond donors (Lipinski definition) is 2. The first-order valence-corrected chi connectivity index (χ1v) is 8.83. The molecule has 6 heteroatoms. The van der Waals surface area contributed by atoms with Crippen LogP contribution in [-0.2, 0) is 14.4 Å². The lowest BCUT2D eigenvalue weighted by atomic mass is 10.1. The van der Waals surface area contributed by atoms with Crippen molar-refractivity contribution in [1.29, 1.82) is 0 Å². The largest absolute Gasteiger partial charge is 0.385 e. The number of rotatable bonds is 6. The summed E-state index contributed by atoms with van der Waals surface area (Å²) in [5.41, 5.74) is 3.45.